The molecule has 17 heavy (non-hydrogen) atoms. The number of nitriles is 1. The number of rotatable bonds is 3. The Balaban J connectivity index is 1.97. The van der Waals surface area contributed by atoms with E-state index in [1.165, 1.54) is 0 Å². The van der Waals surface area contributed by atoms with Gasteiger partial charge < -0.3 is 10.2 Å². The molecule has 1 unspecified atom stereocenters. The second-order valence-electron chi connectivity index (χ2n) is 4.04. The SMILES string of the molecule is N#CC(Cc1cccs1)C(=O)N1CCNCC1. The van der Waals surface area contributed by atoms with Crippen molar-refractivity contribution in [2.75, 3.05) is 26.2 Å². The van der Waals surface area contributed by atoms with Crippen LogP contribution in [0.25, 0.3) is 0 Å². The zero-order chi connectivity index (χ0) is 12.1. The van der Waals surface area contributed by atoms with Crippen molar-refractivity contribution in [2.24, 2.45) is 5.92 Å². The fourth-order valence-electron chi connectivity index (χ4n) is 1.92. The summed E-state index contributed by atoms with van der Waals surface area (Å²) in [6, 6.07) is 6.05. The second-order valence-corrected chi connectivity index (χ2v) is 5.07. The van der Waals surface area contributed by atoms with E-state index < -0.39 is 5.92 Å². The Kier molecular flexibility index (Phi) is 4.13. The summed E-state index contributed by atoms with van der Waals surface area (Å²) < 4.78 is 0. The number of hydrogen-bond donors (Lipinski definition) is 1. The van der Waals surface area contributed by atoms with Gasteiger partial charge in [-0.05, 0) is 11.4 Å². The van der Waals surface area contributed by atoms with Crippen molar-refractivity contribution in [1.29, 1.82) is 5.26 Å². The molecular formula is C12H15N3OS. The number of nitrogens with zero attached hydrogens (tertiary/aromatic N) is 2. The van der Waals surface area contributed by atoms with Crippen molar-refractivity contribution in [3.63, 3.8) is 0 Å². The number of carbonyl (C=O) groups excluding carboxylic acids is 1. The van der Waals surface area contributed by atoms with Crippen LogP contribution in [0.3, 0.4) is 0 Å². The van der Waals surface area contributed by atoms with E-state index in [-0.39, 0.29) is 5.91 Å². The highest BCUT2D eigenvalue weighted by molar-refractivity contribution is 7.09. The molecule has 0 radical (unpaired) electrons. The number of hydrogen-bond acceptors (Lipinski definition) is 4. The van der Waals surface area contributed by atoms with Crippen LogP contribution in [-0.4, -0.2) is 37.0 Å². The highest BCUT2D eigenvalue weighted by Crippen LogP contribution is 2.16. The van der Waals surface area contributed by atoms with Crippen molar-refractivity contribution < 1.29 is 4.79 Å². The van der Waals surface area contributed by atoms with Gasteiger partial charge in [0.2, 0.25) is 5.91 Å². The number of thiophene rings is 1. The molecule has 1 fully saturated rings. The van der Waals surface area contributed by atoms with Gasteiger partial charge in [-0.25, -0.2) is 0 Å². The molecule has 1 atom stereocenters. The average molecular weight is 249 g/mol. The summed E-state index contributed by atoms with van der Waals surface area (Å²) in [5.41, 5.74) is 0. The first-order valence-corrected chi connectivity index (χ1v) is 6.60. The van der Waals surface area contributed by atoms with E-state index in [2.05, 4.69) is 11.4 Å². The molecule has 1 saturated heterocycles. The van der Waals surface area contributed by atoms with Gasteiger partial charge in [0.15, 0.2) is 0 Å². The molecule has 1 aromatic rings. The molecule has 2 heterocycles. The van der Waals surface area contributed by atoms with Crippen molar-refractivity contribution in [3.8, 4) is 6.07 Å². The smallest absolute Gasteiger partial charge is 0.240 e. The van der Waals surface area contributed by atoms with Crippen LogP contribution in [0.1, 0.15) is 4.88 Å². The van der Waals surface area contributed by atoms with Gasteiger partial charge in [0.1, 0.15) is 5.92 Å². The molecule has 0 aliphatic carbocycles. The third kappa shape index (κ3) is 3.05. The first-order valence-electron chi connectivity index (χ1n) is 5.73. The monoisotopic (exact) mass is 249 g/mol. The second kappa shape index (κ2) is 5.80. The molecule has 1 aliphatic heterocycles. The van der Waals surface area contributed by atoms with E-state index in [9.17, 15) is 4.79 Å². The van der Waals surface area contributed by atoms with Gasteiger partial charge in [-0.2, -0.15) is 5.26 Å². The van der Waals surface area contributed by atoms with Gasteiger partial charge in [-0.15, -0.1) is 11.3 Å². The Morgan fingerprint density at radius 2 is 2.35 bits per heavy atom. The van der Waals surface area contributed by atoms with E-state index in [0.29, 0.717) is 19.5 Å². The molecule has 90 valence electrons. The van der Waals surface area contributed by atoms with E-state index >= 15 is 0 Å². The number of nitrogens with one attached hydrogen (secondary N) is 1. The Morgan fingerprint density at radius 1 is 1.59 bits per heavy atom. The Hall–Kier alpha value is -1.38. The normalized spacial score (nSPS) is 17.5. The molecule has 2 rings (SSSR count). The van der Waals surface area contributed by atoms with Gasteiger partial charge >= 0.3 is 0 Å². The molecular weight excluding hydrogens is 234 g/mol. The van der Waals surface area contributed by atoms with Crippen LogP contribution in [0.4, 0.5) is 0 Å². The third-order valence-electron chi connectivity index (χ3n) is 2.87. The van der Waals surface area contributed by atoms with Crippen LogP contribution in [0.2, 0.25) is 0 Å². The standard InChI is InChI=1S/C12H15N3OS/c13-9-10(8-11-2-1-7-17-11)12(16)15-5-3-14-4-6-15/h1-2,7,10,14H,3-6,8H2. The quantitative estimate of drug-likeness (QED) is 0.864. The largest absolute Gasteiger partial charge is 0.339 e. The summed E-state index contributed by atoms with van der Waals surface area (Å²) in [5.74, 6) is -0.561. The molecule has 1 amide bonds. The molecule has 0 spiro atoms. The molecule has 0 saturated carbocycles. The lowest BCUT2D eigenvalue weighted by atomic mass is 10.0. The first-order chi connectivity index (χ1) is 8.31. The lowest BCUT2D eigenvalue weighted by molar-refractivity contribution is -0.134. The first kappa shape index (κ1) is 12.1. The summed E-state index contributed by atoms with van der Waals surface area (Å²) in [7, 11) is 0. The molecule has 1 aliphatic rings. The summed E-state index contributed by atoms with van der Waals surface area (Å²) >= 11 is 1.60. The van der Waals surface area contributed by atoms with E-state index in [1.54, 1.807) is 16.2 Å². The minimum absolute atomic E-state index is 0.0256. The lowest BCUT2D eigenvalue weighted by Crippen LogP contribution is -2.48. The van der Waals surface area contributed by atoms with E-state index in [4.69, 9.17) is 5.26 Å². The Labute approximate surface area is 105 Å². The molecule has 1 N–H and O–H groups in total. The van der Waals surface area contributed by atoms with Gasteiger partial charge in [0, 0.05) is 37.5 Å². The number of piperazine rings is 1. The minimum Gasteiger partial charge on any atom is -0.339 e. The number of carbonyl (C=O) groups is 1. The maximum absolute atomic E-state index is 12.1. The van der Waals surface area contributed by atoms with Crippen molar-refractivity contribution in [3.05, 3.63) is 22.4 Å². The Morgan fingerprint density at radius 3 is 2.94 bits per heavy atom. The predicted octanol–water partition coefficient (Wildman–Crippen LogP) is 0.862. The van der Waals surface area contributed by atoms with Crippen molar-refractivity contribution in [2.45, 2.75) is 6.42 Å². The van der Waals surface area contributed by atoms with Gasteiger partial charge in [0.05, 0.1) is 6.07 Å². The van der Waals surface area contributed by atoms with Crippen LogP contribution in [0.5, 0.6) is 0 Å². The highest BCUT2D eigenvalue weighted by atomic mass is 32.1. The fourth-order valence-corrected chi connectivity index (χ4v) is 2.68. The van der Waals surface area contributed by atoms with Crippen LogP contribution in [-0.2, 0) is 11.2 Å². The molecule has 4 nitrogen and oxygen atoms in total. The lowest BCUT2D eigenvalue weighted by Gasteiger charge is -2.28. The topological polar surface area (TPSA) is 56.1 Å². The predicted molar refractivity (Wildman–Crippen MR) is 66.6 cm³/mol. The van der Waals surface area contributed by atoms with E-state index in [1.807, 2.05) is 17.5 Å². The number of amides is 1. The maximum Gasteiger partial charge on any atom is 0.240 e. The average Bonchev–Trinajstić information content (AvgIpc) is 2.89. The maximum atomic E-state index is 12.1. The molecule has 0 aromatic carbocycles. The third-order valence-corrected chi connectivity index (χ3v) is 3.77. The zero-order valence-electron chi connectivity index (χ0n) is 9.56. The van der Waals surface area contributed by atoms with Crippen LogP contribution < -0.4 is 5.32 Å². The van der Waals surface area contributed by atoms with Gasteiger partial charge in [-0.1, -0.05) is 6.07 Å². The summed E-state index contributed by atoms with van der Waals surface area (Å²) in [4.78, 5) is 15.0. The van der Waals surface area contributed by atoms with E-state index in [0.717, 1.165) is 18.0 Å². The van der Waals surface area contributed by atoms with Crippen LogP contribution in [0, 0.1) is 17.2 Å². The van der Waals surface area contributed by atoms with Crippen molar-refractivity contribution in [1.82, 2.24) is 10.2 Å². The molecule has 5 heteroatoms. The minimum atomic E-state index is -0.535. The summed E-state index contributed by atoms with van der Waals surface area (Å²) in [6.45, 7) is 3.06. The fraction of sp³-hybridized carbons (Fsp3) is 0.500. The van der Waals surface area contributed by atoms with Crippen LogP contribution >= 0.6 is 11.3 Å². The van der Waals surface area contributed by atoms with Crippen LogP contribution in [0.15, 0.2) is 17.5 Å². The zero-order valence-corrected chi connectivity index (χ0v) is 10.4. The van der Waals surface area contributed by atoms with Gasteiger partial charge in [0.25, 0.3) is 0 Å². The Bertz CT molecular complexity index is 404. The summed E-state index contributed by atoms with van der Waals surface area (Å²) in [5, 5.41) is 14.3. The molecule has 1 aromatic heterocycles. The molecule has 0 bridgehead atoms. The summed E-state index contributed by atoms with van der Waals surface area (Å²) in [6.07, 6.45) is 0.539. The van der Waals surface area contributed by atoms with Gasteiger partial charge in [-0.3, -0.25) is 4.79 Å². The van der Waals surface area contributed by atoms with Crippen molar-refractivity contribution >= 4 is 17.2 Å². The highest BCUT2D eigenvalue weighted by Gasteiger charge is 2.25.